The Kier molecular flexibility index (Phi) is 8.00. The number of methoxy groups -OCH3 is 1. The molecule has 0 bridgehead atoms. The standard InChI is InChI=1S/C22H36N4O3/c1-18(2)16-19(24-12-14-29-15-13-24)17-23-22(27)26-10-8-25(9-11-26)20-6-4-5-7-21(20)28-3/h4-7,18-19H,8-17H2,1-3H3,(H,23,27). The fourth-order valence-corrected chi connectivity index (χ4v) is 4.21. The van der Waals surface area contributed by atoms with Crippen molar-refractivity contribution in [1.29, 1.82) is 0 Å². The van der Waals surface area contributed by atoms with Gasteiger partial charge >= 0.3 is 6.03 Å². The lowest BCUT2D eigenvalue weighted by molar-refractivity contribution is 0.0127. The van der Waals surface area contributed by atoms with Crippen molar-refractivity contribution in [3.8, 4) is 5.75 Å². The monoisotopic (exact) mass is 404 g/mol. The van der Waals surface area contributed by atoms with Crippen molar-refractivity contribution >= 4 is 11.7 Å². The van der Waals surface area contributed by atoms with Gasteiger partial charge in [0.05, 0.1) is 26.0 Å². The Hall–Kier alpha value is -1.99. The van der Waals surface area contributed by atoms with Crippen LogP contribution < -0.4 is 15.0 Å². The number of nitrogens with one attached hydrogen (secondary N) is 1. The molecule has 2 heterocycles. The third-order valence-electron chi connectivity index (χ3n) is 5.79. The highest BCUT2D eigenvalue weighted by Gasteiger charge is 2.26. The lowest BCUT2D eigenvalue weighted by Gasteiger charge is -2.38. The molecule has 162 valence electrons. The van der Waals surface area contributed by atoms with E-state index in [9.17, 15) is 4.79 Å². The summed E-state index contributed by atoms with van der Waals surface area (Å²) >= 11 is 0. The van der Waals surface area contributed by atoms with Crippen LogP contribution in [0.4, 0.5) is 10.5 Å². The van der Waals surface area contributed by atoms with Gasteiger partial charge in [0.1, 0.15) is 5.75 Å². The van der Waals surface area contributed by atoms with Gasteiger partial charge in [-0.25, -0.2) is 4.79 Å². The fourth-order valence-electron chi connectivity index (χ4n) is 4.21. The quantitative estimate of drug-likeness (QED) is 0.756. The Labute approximate surface area is 174 Å². The maximum atomic E-state index is 12.8. The third-order valence-corrected chi connectivity index (χ3v) is 5.79. The van der Waals surface area contributed by atoms with Gasteiger partial charge in [-0.15, -0.1) is 0 Å². The van der Waals surface area contributed by atoms with Crippen LogP contribution in [0.1, 0.15) is 20.3 Å². The summed E-state index contributed by atoms with van der Waals surface area (Å²) in [7, 11) is 1.70. The Balaban J connectivity index is 1.49. The molecule has 2 saturated heterocycles. The number of rotatable bonds is 7. The number of para-hydroxylation sites is 2. The number of carbonyl (C=O) groups is 1. The number of benzene rings is 1. The second kappa shape index (κ2) is 10.7. The van der Waals surface area contributed by atoms with Gasteiger partial charge in [-0.2, -0.15) is 0 Å². The van der Waals surface area contributed by atoms with Crippen molar-refractivity contribution in [2.45, 2.75) is 26.3 Å². The van der Waals surface area contributed by atoms with E-state index in [0.29, 0.717) is 18.5 Å². The smallest absolute Gasteiger partial charge is 0.317 e. The van der Waals surface area contributed by atoms with E-state index in [1.807, 2.05) is 23.1 Å². The third kappa shape index (κ3) is 6.00. The minimum absolute atomic E-state index is 0.0479. The van der Waals surface area contributed by atoms with Gasteiger partial charge < -0.3 is 24.6 Å². The first-order chi connectivity index (χ1) is 14.1. The van der Waals surface area contributed by atoms with Crippen molar-refractivity contribution in [2.24, 2.45) is 5.92 Å². The maximum absolute atomic E-state index is 12.8. The number of morpholine rings is 1. The molecule has 2 aliphatic heterocycles. The minimum Gasteiger partial charge on any atom is -0.495 e. The van der Waals surface area contributed by atoms with Crippen LogP contribution in [0.25, 0.3) is 0 Å². The summed E-state index contributed by atoms with van der Waals surface area (Å²) in [6.07, 6.45) is 1.09. The molecule has 0 saturated carbocycles. The zero-order chi connectivity index (χ0) is 20.6. The van der Waals surface area contributed by atoms with E-state index in [1.165, 1.54) is 0 Å². The molecule has 29 heavy (non-hydrogen) atoms. The van der Waals surface area contributed by atoms with Gasteiger partial charge in [0.25, 0.3) is 0 Å². The number of urea groups is 1. The second-order valence-corrected chi connectivity index (χ2v) is 8.26. The molecular weight excluding hydrogens is 368 g/mol. The summed E-state index contributed by atoms with van der Waals surface area (Å²) in [4.78, 5) is 19.4. The summed E-state index contributed by atoms with van der Waals surface area (Å²) in [5.74, 6) is 1.48. The highest BCUT2D eigenvalue weighted by molar-refractivity contribution is 5.74. The zero-order valence-corrected chi connectivity index (χ0v) is 18.1. The summed E-state index contributed by atoms with van der Waals surface area (Å²) in [5.41, 5.74) is 1.10. The average Bonchev–Trinajstić information content (AvgIpc) is 2.77. The molecule has 0 aromatic heterocycles. The molecule has 7 nitrogen and oxygen atoms in total. The average molecular weight is 405 g/mol. The molecule has 2 amide bonds. The van der Waals surface area contributed by atoms with Crippen molar-refractivity contribution in [3.63, 3.8) is 0 Å². The summed E-state index contributed by atoms with van der Waals surface area (Å²) in [5, 5.41) is 3.19. The van der Waals surface area contributed by atoms with E-state index in [2.05, 4.69) is 35.0 Å². The molecule has 1 aromatic rings. The van der Waals surface area contributed by atoms with Crippen LogP contribution in [-0.4, -0.2) is 88.0 Å². The topological polar surface area (TPSA) is 57.3 Å². The maximum Gasteiger partial charge on any atom is 0.317 e. The molecule has 1 atom stereocenters. The van der Waals surface area contributed by atoms with Gasteiger partial charge in [0.15, 0.2) is 0 Å². The number of hydrogen-bond acceptors (Lipinski definition) is 5. The molecule has 1 N–H and O–H groups in total. The van der Waals surface area contributed by atoms with Crippen LogP contribution >= 0.6 is 0 Å². The lowest BCUT2D eigenvalue weighted by Crippen LogP contribution is -2.55. The van der Waals surface area contributed by atoms with E-state index < -0.39 is 0 Å². The molecule has 3 rings (SSSR count). The molecule has 0 aliphatic carbocycles. The first kappa shape index (κ1) is 21.7. The number of amides is 2. The number of carbonyl (C=O) groups excluding carboxylic acids is 1. The molecule has 1 aromatic carbocycles. The minimum atomic E-state index is 0.0479. The SMILES string of the molecule is COc1ccccc1N1CCN(C(=O)NCC(CC(C)C)N2CCOCC2)CC1. The molecule has 0 radical (unpaired) electrons. The summed E-state index contributed by atoms with van der Waals surface area (Å²) in [6.45, 7) is 11.7. The predicted molar refractivity (Wildman–Crippen MR) is 116 cm³/mol. The molecule has 7 heteroatoms. The zero-order valence-electron chi connectivity index (χ0n) is 18.1. The van der Waals surface area contributed by atoms with Gasteiger partial charge in [-0.05, 0) is 24.5 Å². The molecule has 2 fully saturated rings. The van der Waals surface area contributed by atoms with E-state index in [4.69, 9.17) is 9.47 Å². The van der Waals surface area contributed by atoms with Crippen LogP contribution in [0, 0.1) is 5.92 Å². The van der Waals surface area contributed by atoms with Gasteiger partial charge in [0, 0.05) is 51.9 Å². The van der Waals surface area contributed by atoms with Crippen LogP contribution in [0.15, 0.2) is 24.3 Å². The summed E-state index contributed by atoms with van der Waals surface area (Å²) in [6, 6.07) is 8.48. The van der Waals surface area contributed by atoms with E-state index in [-0.39, 0.29) is 6.03 Å². The number of ether oxygens (including phenoxy) is 2. The van der Waals surface area contributed by atoms with Gasteiger partial charge in [-0.3, -0.25) is 4.90 Å². The van der Waals surface area contributed by atoms with Crippen molar-refractivity contribution in [2.75, 3.05) is 71.0 Å². The summed E-state index contributed by atoms with van der Waals surface area (Å²) < 4.78 is 11.0. The van der Waals surface area contributed by atoms with Gasteiger partial charge in [0.2, 0.25) is 0 Å². The van der Waals surface area contributed by atoms with E-state index >= 15 is 0 Å². The highest BCUT2D eigenvalue weighted by atomic mass is 16.5. The number of anilines is 1. The molecular formula is C22H36N4O3. The predicted octanol–water partition coefficient (Wildman–Crippen LogP) is 2.27. The van der Waals surface area contributed by atoms with Crippen LogP contribution in [0.3, 0.4) is 0 Å². The first-order valence-corrected chi connectivity index (χ1v) is 10.8. The second-order valence-electron chi connectivity index (χ2n) is 8.26. The van der Waals surface area contributed by atoms with Crippen molar-refractivity contribution in [3.05, 3.63) is 24.3 Å². The number of piperazine rings is 1. The first-order valence-electron chi connectivity index (χ1n) is 10.8. The molecule has 0 spiro atoms. The highest BCUT2D eigenvalue weighted by Crippen LogP contribution is 2.28. The lowest BCUT2D eigenvalue weighted by atomic mass is 10.0. The Morgan fingerprint density at radius 3 is 2.45 bits per heavy atom. The normalized spacial score (nSPS) is 19.3. The number of nitrogens with zero attached hydrogens (tertiary/aromatic N) is 3. The Morgan fingerprint density at radius 1 is 1.10 bits per heavy atom. The Morgan fingerprint density at radius 2 is 1.79 bits per heavy atom. The largest absolute Gasteiger partial charge is 0.495 e. The van der Waals surface area contributed by atoms with E-state index in [0.717, 1.165) is 70.3 Å². The fraction of sp³-hybridized carbons (Fsp3) is 0.682. The van der Waals surface area contributed by atoms with Crippen LogP contribution in [0.2, 0.25) is 0 Å². The Bertz CT molecular complexity index is 641. The number of hydrogen-bond donors (Lipinski definition) is 1. The van der Waals surface area contributed by atoms with Crippen molar-refractivity contribution in [1.82, 2.24) is 15.1 Å². The van der Waals surface area contributed by atoms with Crippen LogP contribution in [-0.2, 0) is 4.74 Å². The van der Waals surface area contributed by atoms with Crippen LogP contribution in [0.5, 0.6) is 5.75 Å². The molecule has 2 aliphatic rings. The van der Waals surface area contributed by atoms with E-state index in [1.54, 1.807) is 7.11 Å². The van der Waals surface area contributed by atoms with Gasteiger partial charge in [-0.1, -0.05) is 26.0 Å². The van der Waals surface area contributed by atoms with Crippen molar-refractivity contribution < 1.29 is 14.3 Å². The molecule has 1 unspecified atom stereocenters.